The molecule has 41 heavy (non-hydrogen) atoms. The number of nitrogens with one attached hydrogen (secondary N) is 3. The second kappa shape index (κ2) is 10.9. The van der Waals surface area contributed by atoms with Gasteiger partial charge in [-0.15, -0.1) is 0 Å². The van der Waals surface area contributed by atoms with E-state index in [-0.39, 0.29) is 23.8 Å². The lowest BCUT2D eigenvalue weighted by Gasteiger charge is -2.37. The summed E-state index contributed by atoms with van der Waals surface area (Å²) in [5, 5.41) is 14.9. The molecule has 2 atom stereocenters. The van der Waals surface area contributed by atoms with Gasteiger partial charge in [-0.25, -0.2) is 0 Å². The molecule has 5 aromatic rings. The van der Waals surface area contributed by atoms with Crippen LogP contribution in [-0.2, 0) is 11.8 Å². The van der Waals surface area contributed by atoms with Crippen LogP contribution in [0.4, 0.5) is 23.0 Å². The molecule has 3 N–H and O–H groups in total. The number of pyridine rings is 1. The molecule has 210 valence electrons. The Bertz CT molecular complexity index is 1770. The standard InChI is InChI=1S/C29H31N9O3/c1-18-14-37(15-19(2)32-18)25-13-26(38-29(35-25)30-17-31-38)33-22-9-10-23-20(11-22)12-24(28(40)36(23)3)41-16-27(39)34-21-7-5-4-6-8-21/h4-13,17-19,32-33H,14-16H2,1-3H3,(H,34,39)/t18-,19+. The first-order valence-electron chi connectivity index (χ1n) is 13.4. The van der Waals surface area contributed by atoms with Crippen LogP contribution >= 0.6 is 0 Å². The Balaban J connectivity index is 1.26. The first-order chi connectivity index (χ1) is 19.8. The number of benzene rings is 2. The Hall–Kier alpha value is -4.97. The molecule has 1 amide bonds. The molecule has 1 fully saturated rings. The molecule has 0 bridgehead atoms. The Morgan fingerprint density at radius 3 is 2.61 bits per heavy atom. The Morgan fingerprint density at radius 1 is 1.05 bits per heavy atom. The van der Waals surface area contributed by atoms with Gasteiger partial charge in [-0.2, -0.15) is 19.6 Å². The van der Waals surface area contributed by atoms with Gasteiger partial charge in [0.15, 0.2) is 12.4 Å². The van der Waals surface area contributed by atoms with Gasteiger partial charge in [-0.3, -0.25) is 9.59 Å². The quantitative estimate of drug-likeness (QED) is 0.278. The highest BCUT2D eigenvalue weighted by Gasteiger charge is 2.23. The predicted octanol–water partition coefficient (Wildman–Crippen LogP) is 2.92. The van der Waals surface area contributed by atoms with E-state index in [4.69, 9.17) is 9.72 Å². The molecule has 0 spiro atoms. The lowest BCUT2D eigenvalue weighted by Crippen LogP contribution is -2.54. The summed E-state index contributed by atoms with van der Waals surface area (Å²) in [7, 11) is 1.68. The second-order valence-electron chi connectivity index (χ2n) is 10.3. The van der Waals surface area contributed by atoms with Gasteiger partial charge in [0.25, 0.3) is 17.2 Å². The molecule has 12 nitrogen and oxygen atoms in total. The number of carbonyl (C=O) groups excluding carboxylic acids is 1. The van der Waals surface area contributed by atoms with Crippen molar-refractivity contribution < 1.29 is 9.53 Å². The predicted molar refractivity (Wildman–Crippen MR) is 158 cm³/mol. The zero-order valence-electron chi connectivity index (χ0n) is 23.0. The fourth-order valence-corrected chi connectivity index (χ4v) is 5.21. The van der Waals surface area contributed by atoms with E-state index in [9.17, 15) is 9.59 Å². The monoisotopic (exact) mass is 553 g/mol. The molecule has 2 aromatic carbocycles. The number of carbonyl (C=O) groups is 1. The first kappa shape index (κ1) is 26.3. The van der Waals surface area contributed by atoms with Crippen molar-refractivity contribution in [2.75, 3.05) is 35.2 Å². The van der Waals surface area contributed by atoms with Gasteiger partial charge in [0.1, 0.15) is 18.0 Å². The molecular weight excluding hydrogens is 522 g/mol. The third-order valence-electron chi connectivity index (χ3n) is 7.00. The summed E-state index contributed by atoms with van der Waals surface area (Å²) >= 11 is 0. The van der Waals surface area contributed by atoms with Crippen LogP contribution in [0.2, 0.25) is 0 Å². The van der Waals surface area contributed by atoms with Crippen molar-refractivity contribution in [3.8, 4) is 5.75 Å². The summed E-state index contributed by atoms with van der Waals surface area (Å²) in [5.74, 6) is 1.76. The Morgan fingerprint density at radius 2 is 1.83 bits per heavy atom. The molecule has 0 unspecified atom stereocenters. The number of amides is 1. The smallest absolute Gasteiger partial charge is 0.293 e. The van der Waals surface area contributed by atoms with E-state index in [0.717, 1.165) is 35.5 Å². The SMILES string of the molecule is C[C@@H]1CN(c2cc(Nc3ccc4c(c3)cc(OCC(=O)Nc3ccccc3)c(=O)n4C)n3ncnc3n2)C[C@H](C)N1. The third kappa shape index (κ3) is 5.54. The van der Waals surface area contributed by atoms with Crippen LogP contribution in [0.25, 0.3) is 16.7 Å². The number of rotatable bonds is 7. The highest BCUT2D eigenvalue weighted by atomic mass is 16.5. The fourth-order valence-electron chi connectivity index (χ4n) is 5.21. The lowest BCUT2D eigenvalue weighted by molar-refractivity contribution is -0.118. The molecule has 0 radical (unpaired) electrons. The number of fused-ring (bicyclic) bond motifs is 2. The van der Waals surface area contributed by atoms with Crippen LogP contribution in [0.5, 0.6) is 5.75 Å². The molecule has 12 heteroatoms. The molecule has 4 heterocycles. The highest BCUT2D eigenvalue weighted by Crippen LogP contribution is 2.26. The third-order valence-corrected chi connectivity index (χ3v) is 7.00. The van der Waals surface area contributed by atoms with E-state index in [1.807, 2.05) is 42.5 Å². The summed E-state index contributed by atoms with van der Waals surface area (Å²) < 4.78 is 8.82. The van der Waals surface area contributed by atoms with Gasteiger partial charge in [0.05, 0.1) is 5.52 Å². The van der Waals surface area contributed by atoms with Gasteiger partial charge in [0.2, 0.25) is 0 Å². The maximum Gasteiger partial charge on any atom is 0.293 e. The molecular formula is C29H31N9O3. The van der Waals surface area contributed by atoms with Crippen molar-refractivity contribution in [1.82, 2.24) is 29.5 Å². The van der Waals surface area contributed by atoms with Crippen LogP contribution < -0.4 is 31.1 Å². The minimum Gasteiger partial charge on any atom is -0.478 e. The van der Waals surface area contributed by atoms with Crippen molar-refractivity contribution in [2.45, 2.75) is 25.9 Å². The van der Waals surface area contributed by atoms with Gasteiger partial charge in [0, 0.05) is 55.0 Å². The van der Waals surface area contributed by atoms with Gasteiger partial charge < -0.3 is 30.2 Å². The first-order valence-corrected chi connectivity index (χ1v) is 13.4. The molecule has 0 aliphatic carbocycles. The molecule has 6 rings (SSSR count). The average molecular weight is 554 g/mol. The number of aryl methyl sites for hydroxylation is 1. The van der Waals surface area contributed by atoms with E-state index < -0.39 is 0 Å². The fraction of sp³-hybridized carbons (Fsp3) is 0.276. The van der Waals surface area contributed by atoms with Crippen LogP contribution in [0.1, 0.15) is 13.8 Å². The van der Waals surface area contributed by atoms with Crippen LogP contribution in [0, 0.1) is 0 Å². The van der Waals surface area contributed by atoms with E-state index >= 15 is 0 Å². The lowest BCUT2D eigenvalue weighted by atomic mass is 10.1. The number of nitrogens with zero attached hydrogens (tertiary/aromatic N) is 6. The molecule has 0 saturated carbocycles. The Labute approximate surface area is 236 Å². The van der Waals surface area contributed by atoms with Crippen molar-refractivity contribution in [3.05, 3.63) is 77.3 Å². The van der Waals surface area contributed by atoms with Crippen LogP contribution in [0.3, 0.4) is 0 Å². The van der Waals surface area contributed by atoms with Crippen molar-refractivity contribution in [2.24, 2.45) is 7.05 Å². The van der Waals surface area contributed by atoms with Crippen molar-refractivity contribution >= 4 is 45.6 Å². The second-order valence-corrected chi connectivity index (χ2v) is 10.3. The number of aromatic nitrogens is 5. The summed E-state index contributed by atoms with van der Waals surface area (Å²) in [6.07, 6.45) is 1.48. The average Bonchev–Trinajstić information content (AvgIpc) is 3.43. The minimum absolute atomic E-state index is 0.0900. The van der Waals surface area contributed by atoms with E-state index in [0.29, 0.717) is 29.4 Å². The van der Waals surface area contributed by atoms with Crippen LogP contribution in [0.15, 0.2) is 71.8 Å². The van der Waals surface area contributed by atoms with E-state index in [2.05, 4.69) is 44.8 Å². The van der Waals surface area contributed by atoms with Gasteiger partial charge >= 0.3 is 0 Å². The van der Waals surface area contributed by atoms with Crippen molar-refractivity contribution in [1.29, 1.82) is 0 Å². The summed E-state index contributed by atoms with van der Waals surface area (Å²) in [5.41, 5.74) is 1.84. The van der Waals surface area contributed by atoms with Gasteiger partial charge in [-0.05, 0) is 50.2 Å². The normalized spacial score (nSPS) is 17.1. The maximum atomic E-state index is 12.9. The van der Waals surface area contributed by atoms with E-state index in [1.165, 1.54) is 10.9 Å². The number of piperazine rings is 1. The summed E-state index contributed by atoms with van der Waals surface area (Å²) in [4.78, 5) is 36.6. The van der Waals surface area contributed by atoms with Crippen LogP contribution in [-0.4, -0.2) is 61.8 Å². The molecule has 1 aliphatic heterocycles. The number of ether oxygens (including phenoxy) is 1. The number of hydrogen-bond donors (Lipinski definition) is 3. The van der Waals surface area contributed by atoms with Crippen molar-refractivity contribution in [3.63, 3.8) is 0 Å². The number of para-hydroxylation sites is 1. The largest absolute Gasteiger partial charge is 0.478 e. The summed E-state index contributed by atoms with van der Waals surface area (Å²) in [6.45, 7) is 5.69. The van der Waals surface area contributed by atoms with E-state index in [1.54, 1.807) is 29.8 Å². The zero-order valence-corrected chi connectivity index (χ0v) is 23.0. The molecule has 3 aromatic heterocycles. The molecule has 1 aliphatic rings. The highest BCUT2D eigenvalue weighted by molar-refractivity contribution is 5.92. The minimum atomic E-state index is -0.354. The maximum absolute atomic E-state index is 12.9. The number of anilines is 4. The zero-order chi connectivity index (χ0) is 28.5. The Kier molecular flexibility index (Phi) is 6.98. The summed E-state index contributed by atoms with van der Waals surface area (Å²) in [6, 6.07) is 19.1. The topological polar surface area (TPSA) is 131 Å². The molecule has 1 saturated heterocycles. The number of hydrogen-bond acceptors (Lipinski definition) is 9. The van der Waals surface area contributed by atoms with Gasteiger partial charge in [-0.1, -0.05) is 18.2 Å².